The lowest BCUT2D eigenvalue weighted by Gasteiger charge is -2.40. The van der Waals surface area contributed by atoms with E-state index in [9.17, 15) is 0 Å². The topological polar surface area (TPSA) is 50.3 Å². The van der Waals surface area contributed by atoms with E-state index < -0.39 is 0 Å². The van der Waals surface area contributed by atoms with Crippen LogP contribution in [0.4, 0.5) is 5.95 Å². The minimum atomic E-state index is 0.342. The zero-order valence-electron chi connectivity index (χ0n) is 11.6. The minimum absolute atomic E-state index is 0.342. The van der Waals surface area contributed by atoms with E-state index in [1.807, 2.05) is 6.07 Å². The molecular formula is C14H21N5. The number of anilines is 1. The zero-order valence-corrected chi connectivity index (χ0v) is 11.6. The number of para-hydroxylation sites is 2. The highest BCUT2D eigenvalue weighted by Crippen LogP contribution is 2.23. The molecule has 0 saturated carbocycles. The Morgan fingerprint density at radius 3 is 2.79 bits per heavy atom. The van der Waals surface area contributed by atoms with E-state index in [-0.39, 0.29) is 0 Å². The molecule has 1 fully saturated rings. The number of nitrogens with two attached hydrogens (primary N) is 1. The van der Waals surface area contributed by atoms with Crippen molar-refractivity contribution in [3.63, 3.8) is 0 Å². The Morgan fingerprint density at radius 2 is 2.05 bits per heavy atom. The van der Waals surface area contributed by atoms with Crippen LogP contribution in [-0.2, 0) is 7.05 Å². The molecule has 0 aliphatic carbocycles. The average molecular weight is 259 g/mol. The third-order valence-electron chi connectivity index (χ3n) is 3.98. The summed E-state index contributed by atoms with van der Waals surface area (Å²) in [4.78, 5) is 9.45. The second-order valence-electron chi connectivity index (χ2n) is 5.30. The Morgan fingerprint density at radius 1 is 1.26 bits per heavy atom. The number of piperazine rings is 1. The molecule has 3 rings (SSSR count). The van der Waals surface area contributed by atoms with Crippen molar-refractivity contribution in [2.45, 2.75) is 6.04 Å². The van der Waals surface area contributed by atoms with Gasteiger partial charge in [-0.2, -0.15) is 0 Å². The number of hydrogen-bond donors (Lipinski definition) is 1. The number of aryl methyl sites for hydroxylation is 1. The molecule has 0 radical (unpaired) electrons. The molecule has 5 nitrogen and oxygen atoms in total. The van der Waals surface area contributed by atoms with Gasteiger partial charge in [0.1, 0.15) is 0 Å². The summed E-state index contributed by atoms with van der Waals surface area (Å²) in [5, 5.41) is 0. The molecule has 1 atom stereocenters. The van der Waals surface area contributed by atoms with Gasteiger partial charge in [0.2, 0.25) is 5.95 Å². The molecule has 0 amide bonds. The maximum Gasteiger partial charge on any atom is 0.206 e. The van der Waals surface area contributed by atoms with Crippen LogP contribution in [0.5, 0.6) is 0 Å². The lowest BCUT2D eigenvalue weighted by Crippen LogP contribution is -2.55. The summed E-state index contributed by atoms with van der Waals surface area (Å²) < 4.78 is 2.17. The van der Waals surface area contributed by atoms with Crippen LogP contribution in [0.15, 0.2) is 24.3 Å². The van der Waals surface area contributed by atoms with Crippen molar-refractivity contribution in [3.05, 3.63) is 24.3 Å². The molecule has 1 aromatic carbocycles. The minimum Gasteiger partial charge on any atom is -0.335 e. The Kier molecular flexibility index (Phi) is 3.16. The van der Waals surface area contributed by atoms with Crippen molar-refractivity contribution in [2.24, 2.45) is 12.8 Å². The maximum absolute atomic E-state index is 5.93. The third-order valence-corrected chi connectivity index (χ3v) is 3.98. The van der Waals surface area contributed by atoms with Crippen molar-refractivity contribution >= 4 is 17.0 Å². The fraction of sp³-hybridized carbons (Fsp3) is 0.500. The standard InChI is InChI=1S/C14H21N5/c1-17-7-8-19(11(9-15)10-17)14-16-12-5-3-4-6-13(12)18(14)2/h3-6,11H,7-10,15H2,1-2H3. The molecule has 1 saturated heterocycles. The number of aromatic nitrogens is 2. The molecule has 2 aromatic rings. The van der Waals surface area contributed by atoms with Gasteiger partial charge in [-0.05, 0) is 19.2 Å². The monoisotopic (exact) mass is 259 g/mol. The van der Waals surface area contributed by atoms with Crippen molar-refractivity contribution in [3.8, 4) is 0 Å². The largest absolute Gasteiger partial charge is 0.335 e. The Labute approximate surface area is 113 Å². The number of likely N-dealkylation sites (N-methyl/N-ethyl adjacent to an activating group) is 1. The normalized spacial score (nSPS) is 21.2. The van der Waals surface area contributed by atoms with E-state index in [0.717, 1.165) is 31.1 Å². The number of benzene rings is 1. The van der Waals surface area contributed by atoms with Crippen molar-refractivity contribution in [1.82, 2.24) is 14.5 Å². The van der Waals surface area contributed by atoms with E-state index in [1.54, 1.807) is 0 Å². The average Bonchev–Trinajstić information content (AvgIpc) is 2.76. The van der Waals surface area contributed by atoms with Gasteiger partial charge < -0.3 is 20.1 Å². The second kappa shape index (κ2) is 4.83. The van der Waals surface area contributed by atoms with Crippen molar-refractivity contribution in [2.75, 3.05) is 38.1 Å². The summed E-state index contributed by atoms with van der Waals surface area (Å²) in [5.41, 5.74) is 8.16. The number of hydrogen-bond acceptors (Lipinski definition) is 4. The van der Waals surface area contributed by atoms with E-state index >= 15 is 0 Å². The first-order chi connectivity index (χ1) is 9.20. The number of fused-ring (bicyclic) bond motifs is 1. The predicted octanol–water partition coefficient (Wildman–Crippen LogP) is 0.652. The van der Waals surface area contributed by atoms with Crippen LogP contribution in [0, 0.1) is 0 Å². The fourth-order valence-electron chi connectivity index (χ4n) is 2.87. The van der Waals surface area contributed by atoms with Crippen molar-refractivity contribution in [1.29, 1.82) is 0 Å². The Balaban J connectivity index is 2.01. The van der Waals surface area contributed by atoms with Gasteiger partial charge in [0.25, 0.3) is 0 Å². The van der Waals surface area contributed by atoms with E-state index in [4.69, 9.17) is 10.7 Å². The van der Waals surface area contributed by atoms with Crippen LogP contribution in [-0.4, -0.2) is 53.7 Å². The maximum atomic E-state index is 5.93. The molecule has 2 heterocycles. The van der Waals surface area contributed by atoms with Gasteiger partial charge in [-0.25, -0.2) is 4.98 Å². The molecule has 0 bridgehead atoms. The molecule has 1 unspecified atom stereocenters. The highest BCUT2D eigenvalue weighted by atomic mass is 15.4. The molecule has 1 aliphatic rings. The molecule has 2 N–H and O–H groups in total. The van der Waals surface area contributed by atoms with Gasteiger partial charge in [0.05, 0.1) is 17.1 Å². The molecule has 0 spiro atoms. The van der Waals surface area contributed by atoms with Gasteiger partial charge in [0.15, 0.2) is 0 Å². The van der Waals surface area contributed by atoms with Gasteiger partial charge >= 0.3 is 0 Å². The highest BCUT2D eigenvalue weighted by molar-refractivity contribution is 5.78. The molecule has 19 heavy (non-hydrogen) atoms. The van der Waals surface area contributed by atoms with E-state index in [0.29, 0.717) is 12.6 Å². The zero-order chi connectivity index (χ0) is 13.4. The van der Waals surface area contributed by atoms with Gasteiger partial charge in [-0.1, -0.05) is 12.1 Å². The summed E-state index contributed by atoms with van der Waals surface area (Å²) >= 11 is 0. The Hall–Kier alpha value is -1.59. The third kappa shape index (κ3) is 2.09. The van der Waals surface area contributed by atoms with E-state index in [2.05, 4.69) is 46.7 Å². The fourth-order valence-corrected chi connectivity index (χ4v) is 2.87. The molecule has 1 aliphatic heterocycles. The second-order valence-corrected chi connectivity index (χ2v) is 5.30. The highest BCUT2D eigenvalue weighted by Gasteiger charge is 2.27. The number of imidazole rings is 1. The quantitative estimate of drug-likeness (QED) is 0.860. The van der Waals surface area contributed by atoms with Gasteiger partial charge in [0, 0.05) is 33.2 Å². The van der Waals surface area contributed by atoms with Crippen LogP contribution in [0.3, 0.4) is 0 Å². The Bertz CT molecular complexity index is 576. The number of rotatable bonds is 2. The van der Waals surface area contributed by atoms with Crippen LogP contribution in [0.1, 0.15) is 0 Å². The first kappa shape index (κ1) is 12.4. The smallest absolute Gasteiger partial charge is 0.206 e. The molecule has 1 aromatic heterocycles. The summed E-state index contributed by atoms with van der Waals surface area (Å²) in [6.45, 7) is 3.70. The lowest BCUT2D eigenvalue weighted by molar-refractivity contribution is 0.267. The first-order valence-electron chi connectivity index (χ1n) is 6.77. The molecule has 5 heteroatoms. The van der Waals surface area contributed by atoms with Crippen LogP contribution < -0.4 is 10.6 Å². The molecule has 102 valence electrons. The molecular weight excluding hydrogens is 238 g/mol. The van der Waals surface area contributed by atoms with E-state index in [1.165, 1.54) is 5.52 Å². The van der Waals surface area contributed by atoms with Crippen LogP contribution >= 0.6 is 0 Å². The van der Waals surface area contributed by atoms with Gasteiger partial charge in [-0.3, -0.25) is 0 Å². The van der Waals surface area contributed by atoms with Crippen LogP contribution in [0.2, 0.25) is 0 Å². The van der Waals surface area contributed by atoms with Crippen molar-refractivity contribution < 1.29 is 0 Å². The SMILES string of the molecule is CN1CCN(c2nc3ccccc3n2C)C(CN)C1. The summed E-state index contributed by atoms with van der Waals surface area (Å²) in [6, 6.07) is 8.60. The van der Waals surface area contributed by atoms with Gasteiger partial charge in [-0.15, -0.1) is 0 Å². The number of nitrogens with zero attached hydrogens (tertiary/aromatic N) is 4. The predicted molar refractivity (Wildman–Crippen MR) is 78.4 cm³/mol. The summed E-state index contributed by atoms with van der Waals surface area (Å²) in [5.74, 6) is 1.03. The van der Waals surface area contributed by atoms with Crippen LogP contribution in [0.25, 0.3) is 11.0 Å². The summed E-state index contributed by atoms with van der Waals surface area (Å²) in [6.07, 6.45) is 0. The lowest BCUT2D eigenvalue weighted by atomic mass is 10.2. The summed E-state index contributed by atoms with van der Waals surface area (Å²) in [7, 11) is 4.23. The first-order valence-corrected chi connectivity index (χ1v) is 6.77.